The van der Waals surface area contributed by atoms with Crippen molar-refractivity contribution >= 4 is 11.8 Å². The Morgan fingerprint density at radius 1 is 1.21 bits per heavy atom. The van der Waals surface area contributed by atoms with Gasteiger partial charge in [-0.2, -0.15) is 0 Å². The number of hydrogen-bond acceptors (Lipinski definition) is 4. The molecule has 5 nitrogen and oxygen atoms in total. The molecule has 2 aliphatic rings. The fourth-order valence-corrected chi connectivity index (χ4v) is 3.45. The van der Waals surface area contributed by atoms with Crippen LogP contribution in [0.2, 0.25) is 0 Å². The first-order valence-corrected chi connectivity index (χ1v) is 8.73. The molecule has 0 unspecified atom stereocenters. The Kier molecular flexibility index (Phi) is 4.37. The second kappa shape index (κ2) is 6.19. The van der Waals surface area contributed by atoms with Crippen LogP contribution in [-0.2, 0) is 17.6 Å². The molecular formula is C19H28N2O3. The molecule has 1 aromatic rings. The molecule has 0 aromatic heterocycles. The molecule has 1 amide bonds. The molecule has 24 heavy (non-hydrogen) atoms. The minimum Gasteiger partial charge on any atom is -0.489 e. The Morgan fingerprint density at radius 3 is 2.62 bits per heavy atom. The van der Waals surface area contributed by atoms with Crippen molar-refractivity contribution in [2.24, 2.45) is 0 Å². The summed E-state index contributed by atoms with van der Waals surface area (Å²) in [5.41, 5.74) is 4.59. The third kappa shape index (κ3) is 3.30. The van der Waals surface area contributed by atoms with Crippen molar-refractivity contribution in [2.75, 3.05) is 38.2 Å². The van der Waals surface area contributed by atoms with Gasteiger partial charge in [-0.1, -0.05) is 0 Å². The number of carbonyl (C=O) groups excluding carboxylic acids is 1. The second-order valence-electron chi connectivity index (χ2n) is 7.72. The number of hydrogen-bond donors (Lipinski definition) is 0. The molecule has 0 spiro atoms. The van der Waals surface area contributed by atoms with Crippen LogP contribution in [0, 0.1) is 6.92 Å². The van der Waals surface area contributed by atoms with E-state index < -0.39 is 5.60 Å². The zero-order valence-corrected chi connectivity index (χ0v) is 15.4. The summed E-state index contributed by atoms with van der Waals surface area (Å²) < 4.78 is 11.5. The highest BCUT2D eigenvalue weighted by Gasteiger charge is 2.27. The van der Waals surface area contributed by atoms with E-state index in [9.17, 15) is 4.79 Å². The number of likely N-dealkylation sites (N-methyl/N-ethyl adjacent to an activating group) is 1. The monoisotopic (exact) mass is 332 g/mol. The Bertz CT molecular complexity index is 649. The first-order chi connectivity index (χ1) is 11.3. The number of benzene rings is 1. The largest absolute Gasteiger partial charge is 0.489 e. The fraction of sp³-hybridized carbons (Fsp3) is 0.632. The van der Waals surface area contributed by atoms with E-state index in [1.165, 1.54) is 22.4 Å². The van der Waals surface area contributed by atoms with Gasteiger partial charge in [-0.25, -0.2) is 4.79 Å². The van der Waals surface area contributed by atoms with Crippen molar-refractivity contribution in [2.45, 2.75) is 46.1 Å². The van der Waals surface area contributed by atoms with E-state index in [-0.39, 0.29) is 6.09 Å². The minimum absolute atomic E-state index is 0.217. The molecule has 132 valence electrons. The van der Waals surface area contributed by atoms with E-state index in [0.717, 1.165) is 31.7 Å². The van der Waals surface area contributed by atoms with Gasteiger partial charge in [0.1, 0.15) is 18.0 Å². The second-order valence-corrected chi connectivity index (χ2v) is 7.72. The van der Waals surface area contributed by atoms with Gasteiger partial charge in [0, 0.05) is 20.1 Å². The highest BCUT2D eigenvalue weighted by atomic mass is 16.6. The van der Waals surface area contributed by atoms with Crippen LogP contribution in [0.1, 0.15) is 37.5 Å². The van der Waals surface area contributed by atoms with E-state index in [1.807, 2.05) is 25.7 Å². The van der Waals surface area contributed by atoms with Gasteiger partial charge in [-0.15, -0.1) is 0 Å². The Labute approximate surface area is 144 Å². The lowest BCUT2D eigenvalue weighted by molar-refractivity contribution is 0.0258. The van der Waals surface area contributed by atoms with Crippen LogP contribution in [0.25, 0.3) is 0 Å². The first kappa shape index (κ1) is 16.9. The number of rotatable bonds is 0. The molecule has 0 bridgehead atoms. The van der Waals surface area contributed by atoms with Gasteiger partial charge in [-0.3, -0.25) is 0 Å². The summed E-state index contributed by atoms with van der Waals surface area (Å²) in [7, 11) is 2.11. The lowest BCUT2D eigenvalue weighted by Gasteiger charge is -2.30. The Morgan fingerprint density at radius 2 is 1.92 bits per heavy atom. The Hall–Kier alpha value is -1.91. The quantitative estimate of drug-likeness (QED) is 0.732. The number of nitrogens with zero attached hydrogens (tertiary/aromatic N) is 2. The van der Waals surface area contributed by atoms with E-state index in [4.69, 9.17) is 9.47 Å². The van der Waals surface area contributed by atoms with Crippen molar-refractivity contribution in [3.63, 3.8) is 0 Å². The van der Waals surface area contributed by atoms with Gasteiger partial charge in [0.25, 0.3) is 0 Å². The van der Waals surface area contributed by atoms with Gasteiger partial charge in [0.05, 0.1) is 12.2 Å². The molecule has 3 rings (SSSR count). The number of ether oxygens (including phenoxy) is 2. The molecule has 0 radical (unpaired) electrons. The molecule has 0 N–H and O–H groups in total. The summed E-state index contributed by atoms with van der Waals surface area (Å²) in [5, 5.41) is 0. The smallest absolute Gasteiger partial charge is 0.410 e. The van der Waals surface area contributed by atoms with Crippen LogP contribution >= 0.6 is 0 Å². The van der Waals surface area contributed by atoms with Gasteiger partial charge in [0.15, 0.2) is 0 Å². The van der Waals surface area contributed by atoms with Gasteiger partial charge in [0.2, 0.25) is 0 Å². The SMILES string of the molecule is Cc1c2c(cc3c1OCCN3C)CCN(C(=O)OC(C)(C)C)CC2. The van der Waals surface area contributed by atoms with Gasteiger partial charge < -0.3 is 19.3 Å². The summed E-state index contributed by atoms with van der Waals surface area (Å²) in [5.74, 6) is 1.01. The molecule has 2 aliphatic heterocycles. The van der Waals surface area contributed by atoms with Crippen LogP contribution in [0.4, 0.5) is 10.5 Å². The van der Waals surface area contributed by atoms with Crippen LogP contribution in [0.15, 0.2) is 6.07 Å². The summed E-state index contributed by atoms with van der Waals surface area (Å²) in [6.07, 6.45) is 1.49. The van der Waals surface area contributed by atoms with Gasteiger partial charge >= 0.3 is 6.09 Å². The number of amides is 1. The third-order valence-electron chi connectivity index (χ3n) is 4.74. The molecule has 0 fully saturated rings. The zero-order chi connectivity index (χ0) is 17.5. The summed E-state index contributed by atoms with van der Waals surface area (Å²) >= 11 is 0. The maximum atomic E-state index is 12.4. The van der Waals surface area contributed by atoms with Crippen LogP contribution in [-0.4, -0.2) is 49.9 Å². The molecule has 0 saturated heterocycles. The maximum absolute atomic E-state index is 12.4. The van der Waals surface area contributed by atoms with E-state index in [0.29, 0.717) is 13.1 Å². The fourth-order valence-electron chi connectivity index (χ4n) is 3.45. The first-order valence-electron chi connectivity index (χ1n) is 8.73. The van der Waals surface area contributed by atoms with E-state index in [2.05, 4.69) is 24.9 Å². The summed E-state index contributed by atoms with van der Waals surface area (Å²) in [4.78, 5) is 16.5. The average molecular weight is 332 g/mol. The molecule has 2 heterocycles. The topological polar surface area (TPSA) is 42.0 Å². The zero-order valence-electron chi connectivity index (χ0n) is 15.4. The number of anilines is 1. The predicted molar refractivity (Wildman–Crippen MR) is 95.2 cm³/mol. The van der Waals surface area contributed by atoms with Crippen molar-refractivity contribution in [3.05, 3.63) is 22.8 Å². The molecule has 0 saturated carbocycles. The van der Waals surface area contributed by atoms with Crippen molar-refractivity contribution < 1.29 is 14.3 Å². The minimum atomic E-state index is -0.457. The molecule has 1 aromatic carbocycles. The predicted octanol–water partition coefficient (Wildman–Crippen LogP) is 3.16. The molecule has 5 heteroatoms. The van der Waals surface area contributed by atoms with Crippen molar-refractivity contribution in [3.8, 4) is 5.75 Å². The molecular weight excluding hydrogens is 304 g/mol. The Balaban J connectivity index is 1.84. The van der Waals surface area contributed by atoms with Crippen LogP contribution < -0.4 is 9.64 Å². The number of fused-ring (bicyclic) bond motifs is 2. The molecule has 0 aliphatic carbocycles. The summed E-state index contributed by atoms with van der Waals surface area (Å²) in [6.45, 7) is 10.9. The van der Waals surface area contributed by atoms with Crippen LogP contribution in [0.3, 0.4) is 0 Å². The lowest BCUT2D eigenvalue weighted by Crippen LogP contribution is -2.38. The standard InChI is InChI=1S/C19H28N2O3/c1-13-15-7-9-21(18(22)24-19(2,3)4)8-6-14(15)12-16-17(13)23-11-10-20(16)5/h12H,6-11H2,1-5H3. The highest BCUT2D eigenvalue weighted by Crippen LogP contribution is 2.39. The van der Waals surface area contributed by atoms with Crippen molar-refractivity contribution in [1.82, 2.24) is 4.90 Å². The number of carbonyl (C=O) groups is 1. The summed E-state index contributed by atoms with van der Waals surface area (Å²) in [6, 6.07) is 2.25. The van der Waals surface area contributed by atoms with E-state index in [1.54, 1.807) is 0 Å². The highest BCUT2D eigenvalue weighted by molar-refractivity contribution is 5.70. The lowest BCUT2D eigenvalue weighted by atomic mass is 9.95. The maximum Gasteiger partial charge on any atom is 0.410 e. The van der Waals surface area contributed by atoms with Crippen LogP contribution in [0.5, 0.6) is 5.75 Å². The van der Waals surface area contributed by atoms with Gasteiger partial charge in [-0.05, 0) is 63.3 Å². The average Bonchev–Trinajstić information content (AvgIpc) is 2.70. The third-order valence-corrected chi connectivity index (χ3v) is 4.74. The normalized spacial score (nSPS) is 17.5. The van der Waals surface area contributed by atoms with Crippen molar-refractivity contribution in [1.29, 1.82) is 0 Å². The molecule has 0 atom stereocenters. The van der Waals surface area contributed by atoms with E-state index >= 15 is 0 Å².